The monoisotopic (exact) mass is 466 g/mol. The SMILES string of the molecule is CCCC(=O)c1cnc2ccc(-c3cc(Cl)c(O)c(CO)c3)cc2c1N[C@H]1CC[C@H](C)CC1. The highest BCUT2D eigenvalue weighted by molar-refractivity contribution is 6.32. The summed E-state index contributed by atoms with van der Waals surface area (Å²) in [7, 11) is 0. The summed E-state index contributed by atoms with van der Waals surface area (Å²) in [5.74, 6) is 0.732. The van der Waals surface area contributed by atoms with E-state index in [-0.39, 0.29) is 23.2 Å². The zero-order valence-corrected chi connectivity index (χ0v) is 20.0. The highest BCUT2D eigenvalue weighted by atomic mass is 35.5. The van der Waals surface area contributed by atoms with Gasteiger partial charge >= 0.3 is 0 Å². The molecule has 3 N–H and O–H groups in total. The fourth-order valence-corrected chi connectivity index (χ4v) is 4.89. The number of halogens is 1. The molecule has 1 saturated carbocycles. The fourth-order valence-electron chi connectivity index (χ4n) is 4.65. The number of ketones is 1. The van der Waals surface area contributed by atoms with Crippen LogP contribution >= 0.6 is 11.6 Å². The van der Waals surface area contributed by atoms with E-state index < -0.39 is 0 Å². The van der Waals surface area contributed by atoms with E-state index in [1.807, 2.05) is 25.1 Å². The summed E-state index contributed by atoms with van der Waals surface area (Å²) in [5, 5.41) is 24.5. The predicted molar refractivity (Wildman–Crippen MR) is 134 cm³/mol. The van der Waals surface area contributed by atoms with Crippen LogP contribution in [0.4, 0.5) is 5.69 Å². The van der Waals surface area contributed by atoms with Crippen molar-refractivity contribution in [2.24, 2.45) is 5.92 Å². The Morgan fingerprint density at radius 1 is 1.15 bits per heavy atom. The molecule has 1 fully saturated rings. The number of nitrogens with zero attached hydrogens (tertiary/aromatic N) is 1. The summed E-state index contributed by atoms with van der Waals surface area (Å²) >= 11 is 6.21. The number of aliphatic hydroxyl groups excluding tert-OH is 1. The minimum Gasteiger partial charge on any atom is -0.506 e. The molecule has 0 bridgehead atoms. The zero-order valence-electron chi connectivity index (χ0n) is 19.2. The van der Waals surface area contributed by atoms with Gasteiger partial charge in [0.2, 0.25) is 0 Å². The summed E-state index contributed by atoms with van der Waals surface area (Å²) in [6.07, 6.45) is 7.50. The number of aromatic nitrogens is 1. The van der Waals surface area contributed by atoms with Crippen LogP contribution in [0.25, 0.3) is 22.0 Å². The van der Waals surface area contributed by atoms with E-state index in [0.29, 0.717) is 23.6 Å². The number of benzene rings is 2. The molecule has 0 unspecified atom stereocenters. The van der Waals surface area contributed by atoms with Gasteiger partial charge in [0.1, 0.15) is 5.75 Å². The van der Waals surface area contributed by atoms with Crippen molar-refractivity contribution in [3.63, 3.8) is 0 Å². The number of aliphatic hydroxyl groups is 1. The minimum absolute atomic E-state index is 0.0965. The molecule has 2 aromatic carbocycles. The number of aromatic hydroxyl groups is 1. The molecule has 0 atom stereocenters. The van der Waals surface area contributed by atoms with E-state index in [2.05, 4.69) is 17.2 Å². The number of rotatable bonds is 7. The highest BCUT2D eigenvalue weighted by Crippen LogP contribution is 2.37. The first-order valence-corrected chi connectivity index (χ1v) is 12.1. The van der Waals surface area contributed by atoms with Crippen LogP contribution < -0.4 is 5.32 Å². The second-order valence-electron chi connectivity index (χ2n) is 9.18. The highest BCUT2D eigenvalue weighted by Gasteiger charge is 2.22. The molecular formula is C27H31ClN2O3. The maximum atomic E-state index is 13.0. The molecule has 4 rings (SSSR count). The van der Waals surface area contributed by atoms with Gasteiger partial charge in [-0.1, -0.05) is 31.5 Å². The Kier molecular flexibility index (Phi) is 7.20. The van der Waals surface area contributed by atoms with Crippen molar-refractivity contribution < 1.29 is 15.0 Å². The van der Waals surface area contributed by atoms with Crippen molar-refractivity contribution >= 4 is 34.0 Å². The summed E-state index contributed by atoms with van der Waals surface area (Å²) in [6, 6.07) is 9.64. The third-order valence-corrected chi connectivity index (χ3v) is 6.94. The summed E-state index contributed by atoms with van der Waals surface area (Å²) in [5.41, 5.74) is 4.34. The number of nitrogens with one attached hydrogen (secondary N) is 1. The number of carbonyl (C=O) groups excluding carboxylic acids is 1. The lowest BCUT2D eigenvalue weighted by atomic mass is 9.87. The average Bonchev–Trinajstić information content (AvgIpc) is 2.82. The third kappa shape index (κ3) is 4.99. The lowest BCUT2D eigenvalue weighted by Crippen LogP contribution is -2.26. The van der Waals surface area contributed by atoms with Crippen molar-refractivity contribution in [2.75, 3.05) is 5.32 Å². The largest absolute Gasteiger partial charge is 0.506 e. The zero-order chi connectivity index (χ0) is 23.5. The van der Waals surface area contributed by atoms with Crippen molar-refractivity contribution in [3.8, 4) is 16.9 Å². The molecule has 1 aliphatic rings. The Morgan fingerprint density at radius 3 is 2.61 bits per heavy atom. The van der Waals surface area contributed by atoms with E-state index in [1.165, 1.54) is 12.8 Å². The fraction of sp³-hybridized carbons (Fsp3) is 0.407. The Labute approximate surface area is 199 Å². The van der Waals surface area contributed by atoms with Crippen molar-refractivity contribution in [2.45, 2.75) is 65.0 Å². The van der Waals surface area contributed by atoms with E-state index in [1.54, 1.807) is 18.3 Å². The molecule has 0 spiro atoms. The van der Waals surface area contributed by atoms with Gasteiger partial charge < -0.3 is 15.5 Å². The van der Waals surface area contributed by atoms with Gasteiger partial charge in [-0.15, -0.1) is 0 Å². The maximum Gasteiger partial charge on any atom is 0.166 e. The summed E-state index contributed by atoms with van der Waals surface area (Å²) in [4.78, 5) is 17.6. The van der Waals surface area contributed by atoms with Crippen molar-refractivity contribution in [1.82, 2.24) is 4.98 Å². The number of Topliss-reactive ketones (excluding diaryl/α,β-unsaturated/α-hetero) is 1. The Morgan fingerprint density at radius 2 is 1.91 bits per heavy atom. The van der Waals surface area contributed by atoms with E-state index in [9.17, 15) is 15.0 Å². The molecule has 33 heavy (non-hydrogen) atoms. The number of hydrogen-bond donors (Lipinski definition) is 3. The van der Waals surface area contributed by atoms with Gasteiger partial charge in [-0.3, -0.25) is 9.78 Å². The number of anilines is 1. The minimum atomic E-state index is -0.308. The smallest absolute Gasteiger partial charge is 0.166 e. The van der Waals surface area contributed by atoms with Crippen molar-refractivity contribution in [3.05, 3.63) is 52.7 Å². The van der Waals surface area contributed by atoms with Gasteiger partial charge in [-0.2, -0.15) is 0 Å². The molecular weight excluding hydrogens is 436 g/mol. The molecule has 174 valence electrons. The number of fused-ring (bicyclic) bond motifs is 1. The van der Waals surface area contributed by atoms with E-state index in [0.717, 1.165) is 52.9 Å². The van der Waals surface area contributed by atoms with Crippen LogP contribution in [0.15, 0.2) is 36.5 Å². The van der Waals surface area contributed by atoms with Gasteiger partial charge in [0.15, 0.2) is 5.78 Å². The topological polar surface area (TPSA) is 82.5 Å². The Hall–Kier alpha value is -2.63. The molecule has 6 heteroatoms. The van der Waals surface area contributed by atoms with Crippen LogP contribution in [0.5, 0.6) is 5.75 Å². The molecule has 0 amide bonds. The van der Waals surface area contributed by atoms with Crippen molar-refractivity contribution in [1.29, 1.82) is 0 Å². The standard InChI is InChI=1S/C27H31ClN2O3/c1-3-4-25(32)22-14-29-24-10-7-17(18-11-19(15-31)27(33)23(28)13-18)12-21(24)26(22)30-20-8-5-16(2)6-9-20/h7,10-14,16,20,31,33H,3-6,8-9,15H2,1-2H3,(H,29,30)/t16-,20-. The normalized spacial score (nSPS) is 18.4. The number of pyridine rings is 1. The van der Waals surface area contributed by atoms with Crippen LogP contribution in [-0.4, -0.2) is 27.0 Å². The number of carbonyl (C=O) groups is 1. The summed E-state index contributed by atoms with van der Waals surface area (Å²) < 4.78 is 0. The molecule has 1 aliphatic carbocycles. The Balaban J connectivity index is 1.83. The molecule has 5 nitrogen and oxygen atoms in total. The van der Waals surface area contributed by atoms with Crippen LogP contribution in [0.1, 0.15) is 68.3 Å². The first kappa shape index (κ1) is 23.5. The van der Waals surface area contributed by atoms with E-state index >= 15 is 0 Å². The second-order valence-corrected chi connectivity index (χ2v) is 9.58. The van der Waals surface area contributed by atoms with Crippen LogP contribution in [0.3, 0.4) is 0 Å². The van der Waals surface area contributed by atoms with Gasteiger partial charge in [0, 0.05) is 29.6 Å². The second kappa shape index (κ2) is 10.1. The lowest BCUT2D eigenvalue weighted by molar-refractivity contribution is 0.0982. The van der Waals surface area contributed by atoms with Crippen LogP contribution in [-0.2, 0) is 6.61 Å². The number of hydrogen-bond acceptors (Lipinski definition) is 5. The molecule has 1 aromatic heterocycles. The molecule has 0 radical (unpaired) electrons. The predicted octanol–water partition coefficient (Wildman–Crippen LogP) is 6.73. The maximum absolute atomic E-state index is 13.0. The quantitative estimate of drug-likeness (QED) is 0.336. The van der Waals surface area contributed by atoms with Gasteiger partial charge in [0.05, 0.1) is 28.4 Å². The third-order valence-electron chi connectivity index (χ3n) is 6.66. The molecule has 0 aliphatic heterocycles. The van der Waals surface area contributed by atoms with E-state index in [4.69, 9.17) is 11.6 Å². The first-order valence-electron chi connectivity index (χ1n) is 11.8. The molecule has 0 saturated heterocycles. The average molecular weight is 467 g/mol. The molecule has 1 heterocycles. The first-order chi connectivity index (χ1) is 15.9. The Bertz CT molecular complexity index is 1170. The number of phenols is 1. The lowest BCUT2D eigenvalue weighted by Gasteiger charge is -2.29. The van der Waals surface area contributed by atoms with Crippen LogP contribution in [0.2, 0.25) is 5.02 Å². The van der Waals surface area contributed by atoms with Gasteiger partial charge in [-0.05, 0) is 73.4 Å². The molecule has 3 aromatic rings. The summed E-state index contributed by atoms with van der Waals surface area (Å²) in [6.45, 7) is 3.99. The van der Waals surface area contributed by atoms with Gasteiger partial charge in [-0.25, -0.2) is 0 Å². The van der Waals surface area contributed by atoms with Crippen LogP contribution in [0, 0.1) is 5.92 Å². The van der Waals surface area contributed by atoms with Gasteiger partial charge in [0.25, 0.3) is 0 Å².